The molecular weight excluding hydrogens is 324 g/mol. The van der Waals surface area contributed by atoms with Crippen molar-refractivity contribution < 1.29 is 19.2 Å². The van der Waals surface area contributed by atoms with Crippen molar-refractivity contribution in [1.82, 2.24) is 5.32 Å². The third-order valence-electron chi connectivity index (χ3n) is 3.63. The van der Waals surface area contributed by atoms with Crippen LogP contribution in [0.1, 0.15) is 21.5 Å². The normalized spacial score (nSPS) is 10.1. The predicted molar refractivity (Wildman–Crippen MR) is 91.3 cm³/mol. The van der Waals surface area contributed by atoms with E-state index in [1.165, 1.54) is 25.1 Å². The first-order chi connectivity index (χ1) is 12.0. The molecule has 0 aliphatic rings. The summed E-state index contributed by atoms with van der Waals surface area (Å²) in [5, 5.41) is 13.5. The van der Waals surface area contributed by atoms with Crippen molar-refractivity contribution in [3.8, 4) is 0 Å². The number of rotatable bonds is 7. The molecule has 0 heterocycles. The van der Waals surface area contributed by atoms with Crippen LogP contribution >= 0.6 is 0 Å². The van der Waals surface area contributed by atoms with Crippen LogP contribution in [0.2, 0.25) is 0 Å². The molecule has 0 aromatic heterocycles. The van der Waals surface area contributed by atoms with Gasteiger partial charge in [0, 0.05) is 18.2 Å². The number of carbonyl (C=O) groups excluding carboxylic acids is 2. The van der Waals surface area contributed by atoms with E-state index in [0.29, 0.717) is 13.0 Å². The highest BCUT2D eigenvalue weighted by Crippen LogP contribution is 2.21. The second-order valence-electron chi connectivity index (χ2n) is 5.37. The summed E-state index contributed by atoms with van der Waals surface area (Å²) in [6.45, 7) is 1.46. The second-order valence-corrected chi connectivity index (χ2v) is 5.37. The van der Waals surface area contributed by atoms with Crippen LogP contribution in [0.15, 0.2) is 48.5 Å². The molecule has 25 heavy (non-hydrogen) atoms. The Bertz CT molecular complexity index is 774. The molecule has 2 aromatic rings. The zero-order valence-electron chi connectivity index (χ0n) is 13.7. The molecule has 0 atom stereocenters. The first-order valence-electron chi connectivity index (χ1n) is 7.71. The maximum Gasteiger partial charge on any atom is 0.339 e. The lowest BCUT2D eigenvalue weighted by Gasteiger charge is -2.08. The van der Waals surface area contributed by atoms with Gasteiger partial charge in [0.2, 0.25) is 0 Å². The standard InChI is InChI=1S/C18H18N2O5/c1-13-15(8-5-9-16(13)20(23)24)18(22)25-12-17(21)19-11-10-14-6-3-2-4-7-14/h2-9H,10-12H2,1H3,(H,19,21). The van der Waals surface area contributed by atoms with Crippen molar-refractivity contribution in [1.29, 1.82) is 0 Å². The highest BCUT2D eigenvalue weighted by Gasteiger charge is 2.19. The van der Waals surface area contributed by atoms with Gasteiger partial charge in [-0.1, -0.05) is 36.4 Å². The zero-order chi connectivity index (χ0) is 18.2. The molecule has 1 amide bonds. The molecule has 7 heteroatoms. The van der Waals surface area contributed by atoms with Gasteiger partial charge in [-0.15, -0.1) is 0 Å². The van der Waals surface area contributed by atoms with Crippen LogP contribution in [-0.4, -0.2) is 30.0 Å². The van der Waals surface area contributed by atoms with Crippen LogP contribution in [-0.2, 0) is 16.0 Å². The Hall–Kier alpha value is -3.22. The van der Waals surface area contributed by atoms with Gasteiger partial charge in [0.05, 0.1) is 10.5 Å². The van der Waals surface area contributed by atoms with E-state index in [1.54, 1.807) is 0 Å². The zero-order valence-corrected chi connectivity index (χ0v) is 13.7. The minimum atomic E-state index is -0.764. The van der Waals surface area contributed by atoms with E-state index >= 15 is 0 Å². The molecule has 2 aromatic carbocycles. The number of benzene rings is 2. The molecule has 0 aliphatic carbocycles. The number of hydrogen-bond acceptors (Lipinski definition) is 5. The first kappa shape index (κ1) is 18.1. The van der Waals surface area contributed by atoms with Crippen LogP contribution in [0.25, 0.3) is 0 Å². The van der Waals surface area contributed by atoms with Crippen LogP contribution in [0, 0.1) is 17.0 Å². The Morgan fingerprint density at radius 3 is 2.52 bits per heavy atom. The van der Waals surface area contributed by atoms with Crippen molar-refractivity contribution in [2.45, 2.75) is 13.3 Å². The van der Waals surface area contributed by atoms with Gasteiger partial charge in [0.1, 0.15) is 0 Å². The van der Waals surface area contributed by atoms with E-state index < -0.39 is 23.4 Å². The number of carbonyl (C=O) groups is 2. The van der Waals surface area contributed by atoms with Crippen molar-refractivity contribution in [3.05, 3.63) is 75.3 Å². The lowest BCUT2D eigenvalue weighted by atomic mass is 10.1. The fraction of sp³-hybridized carbons (Fsp3) is 0.222. The quantitative estimate of drug-likeness (QED) is 0.473. The van der Waals surface area contributed by atoms with Gasteiger partial charge >= 0.3 is 5.97 Å². The minimum absolute atomic E-state index is 0.0753. The number of amides is 1. The number of hydrogen-bond donors (Lipinski definition) is 1. The van der Waals surface area contributed by atoms with E-state index in [2.05, 4.69) is 5.32 Å². The van der Waals surface area contributed by atoms with Crippen molar-refractivity contribution in [3.63, 3.8) is 0 Å². The smallest absolute Gasteiger partial charge is 0.339 e. The summed E-state index contributed by atoms with van der Waals surface area (Å²) < 4.78 is 4.93. The van der Waals surface area contributed by atoms with Gasteiger partial charge in [-0.3, -0.25) is 14.9 Å². The van der Waals surface area contributed by atoms with Gasteiger partial charge in [0.25, 0.3) is 11.6 Å². The van der Waals surface area contributed by atoms with Crippen molar-refractivity contribution >= 4 is 17.6 Å². The van der Waals surface area contributed by atoms with E-state index in [1.807, 2.05) is 30.3 Å². The molecule has 0 bridgehead atoms. The summed E-state index contributed by atoms with van der Waals surface area (Å²) in [4.78, 5) is 34.1. The summed E-state index contributed by atoms with van der Waals surface area (Å²) in [5.41, 5.74) is 1.21. The van der Waals surface area contributed by atoms with E-state index in [-0.39, 0.29) is 16.8 Å². The largest absolute Gasteiger partial charge is 0.452 e. The number of ether oxygens (including phenoxy) is 1. The lowest BCUT2D eigenvalue weighted by Crippen LogP contribution is -2.30. The molecule has 0 aliphatic heterocycles. The molecule has 7 nitrogen and oxygen atoms in total. The SMILES string of the molecule is Cc1c(C(=O)OCC(=O)NCCc2ccccc2)cccc1[N+](=O)[O-]. The molecule has 2 rings (SSSR count). The molecular formula is C18H18N2O5. The van der Waals surface area contributed by atoms with Crippen LogP contribution in [0.5, 0.6) is 0 Å². The summed E-state index contributed by atoms with van der Waals surface area (Å²) in [7, 11) is 0. The van der Waals surface area contributed by atoms with Crippen molar-refractivity contribution in [2.24, 2.45) is 0 Å². The molecule has 0 unspecified atom stereocenters. The second kappa shape index (κ2) is 8.58. The highest BCUT2D eigenvalue weighted by molar-refractivity contribution is 5.93. The average Bonchev–Trinajstić information content (AvgIpc) is 2.60. The molecule has 0 spiro atoms. The predicted octanol–water partition coefficient (Wildman–Crippen LogP) is 2.42. The molecule has 130 valence electrons. The molecule has 0 saturated heterocycles. The average molecular weight is 342 g/mol. The fourth-order valence-corrected chi connectivity index (χ4v) is 2.29. The minimum Gasteiger partial charge on any atom is -0.452 e. The van der Waals surface area contributed by atoms with Gasteiger partial charge in [-0.05, 0) is 25.0 Å². The van der Waals surface area contributed by atoms with Gasteiger partial charge in [-0.2, -0.15) is 0 Å². The Morgan fingerprint density at radius 1 is 1.12 bits per heavy atom. The maximum absolute atomic E-state index is 12.0. The van der Waals surface area contributed by atoms with Crippen LogP contribution in [0.3, 0.4) is 0 Å². The lowest BCUT2D eigenvalue weighted by molar-refractivity contribution is -0.385. The Morgan fingerprint density at radius 2 is 1.84 bits per heavy atom. The van der Waals surface area contributed by atoms with Gasteiger partial charge < -0.3 is 10.1 Å². The Labute approximate surface area is 144 Å². The fourth-order valence-electron chi connectivity index (χ4n) is 2.29. The number of nitrogens with one attached hydrogen (secondary N) is 1. The summed E-state index contributed by atoms with van der Waals surface area (Å²) >= 11 is 0. The Kier molecular flexibility index (Phi) is 6.22. The van der Waals surface area contributed by atoms with E-state index in [0.717, 1.165) is 5.56 Å². The number of nitro benzene ring substituents is 1. The van der Waals surface area contributed by atoms with Gasteiger partial charge in [0.15, 0.2) is 6.61 Å². The maximum atomic E-state index is 12.0. The third-order valence-corrected chi connectivity index (χ3v) is 3.63. The molecule has 1 N–H and O–H groups in total. The number of esters is 1. The van der Waals surface area contributed by atoms with Crippen molar-refractivity contribution in [2.75, 3.05) is 13.2 Å². The Balaban J connectivity index is 1.82. The van der Waals surface area contributed by atoms with Crippen LogP contribution < -0.4 is 5.32 Å². The summed E-state index contributed by atoms with van der Waals surface area (Å²) in [6, 6.07) is 13.8. The van der Waals surface area contributed by atoms with E-state index in [4.69, 9.17) is 4.74 Å². The molecule has 0 saturated carbocycles. The van der Waals surface area contributed by atoms with Crippen LogP contribution in [0.4, 0.5) is 5.69 Å². The van der Waals surface area contributed by atoms with E-state index in [9.17, 15) is 19.7 Å². The molecule has 0 fully saturated rings. The number of nitro groups is 1. The third kappa shape index (κ3) is 5.13. The summed E-state index contributed by atoms with van der Waals surface area (Å²) in [5.74, 6) is -1.19. The number of nitrogens with zero attached hydrogens (tertiary/aromatic N) is 1. The first-order valence-corrected chi connectivity index (χ1v) is 7.71. The highest BCUT2D eigenvalue weighted by atomic mass is 16.6. The van der Waals surface area contributed by atoms with Gasteiger partial charge in [-0.25, -0.2) is 4.79 Å². The monoisotopic (exact) mass is 342 g/mol. The summed E-state index contributed by atoms with van der Waals surface area (Å²) in [6.07, 6.45) is 0.671. The molecule has 0 radical (unpaired) electrons. The topological polar surface area (TPSA) is 98.5 Å².